The summed E-state index contributed by atoms with van der Waals surface area (Å²) < 4.78 is 19.3. The fourth-order valence-electron chi connectivity index (χ4n) is 1.68. The van der Waals surface area contributed by atoms with Crippen molar-refractivity contribution in [2.45, 2.75) is 26.5 Å². The van der Waals surface area contributed by atoms with Gasteiger partial charge in [0, 0.05) is 18.7 Å². The van der Waals surface area contributed by atoms with Crippen LogP contribution in [0.5, 0.6) is 0 Å². The first kappa shape index (κ1) is 15.6. The molecule has 1 aromatic carbocycles. The minimum Gasteiger partial charge on any atom is -0.478 e. The zero-order valence-electron chi connectivity index (χ0n) is 11.5. The molecule has 1 rings (SSSR count). The number of ether oxygens (including phenoxy) is 1. The number of benzene rings is 1. The smallest absolute Gasteiger partial charge is 0.338 e. The van der Waals surface area contributed by atoms with Crippen LogP contribution in [0.3, 0.4) is 0 Å². The number of hydrogen-bond donors (Lipinski definition) is 1. The van der Waals surface area contributed by atoms with E-state index in [2.05, 4.69) is 0 Å². The first-order valence-corrected chi connectivity index (χ1v) is 6.22. The minimum atomic E-state index is -1.25. The molecular weight excluding hydrogens is 249 g/mol. The third-order valence-electron chi connectivity index (χ3n) is 2.67. The zero-order valence-corrected chi connectivity index (χ0v) is 11.5. The summed E-state index contributed by atoms with van der Waals surface area (Å²) in [5.74, 6) is -1.91. The monoisotopic (exact) mass is 269 g/mol. The maximum absolute atomic E-state index is 13.9. The van der Waals surface area contributed by atoms with E-state index in [1.54, 1.807) is 12.1 Å². The first-order chi connectivity index (χ1) is 8.91. The third-order valence-corrected chi connectivity index (χ3v) is 2.67. The molecule has 0 fully saturated rings. The van der Waals surface area contributed by atoms with Crippen LogP contribution in [-0.4, -0.2) is 42.3 Å². The Bertz CT molecular complexity index is 435. The quantitative estimate of drug-likeness (QED) is 0.825. The van der Waals surface area contributed by atoms with Crippen molar-refractivity contribution in [3.8, 4) is 0 Å². The van der Waals surface area contributed by atoms with Gasteiger partial charge in [0.2, 0.25) is 0 Å². The van der Waals surface area contributed by atoms with E-state index in [1.807, 2.05) is 25.8 Å². The van der Waals surface area contributed by atoms with E-state index < -0.39 is 11.8 Å². The molecular formula is C14H20FNO3. The van der Waals surface area contributed by atoms with Crippen LogP contribution >= 0.6 is 0 Å². The van der Waals surface area contributed by atoms with Crippen LogP contribution in [0.2, 0.25) is 0 Å². The van der Waals surface area contributed by atoms with E-state index in [4.69, 9.17) is 9.84 Å². The van der Waals surface area contributed by atoms with Crippen molar-refractivity contribution in [3.05, 3.63) is 35.1 Å². The Hall–Kier alpha value is -1.46. The van der Waals surface area contributed by atoms with Crippen molar-refractivity contribution in [1.82, 2.24) is 4.90 Å². The number of halogens is 1. The standard InChI is InChI=1S/C14H20FNO3/c1-10(2)19-8-7-16(3)9-11-5-4-6-12(13(11)15)14(17)18/h4-6,10H,7-9H2,1-3H3,(H,17,18). The molecule has 0 aliphatic heterocycles. The van der Waals surface area contributed by atoms with Crippen LogP contribution in [0, 0.1) is 5.82 Å². The van der Waals surface area contributed by atoms with Crippen molar-refractivity contribution >= 4 is 5.97 Å². The molecule has 0 atom stereocenters. The molecule has 0 aromatic heterocycles. The highest BCUT2D eigenvalue weighted by Gasteiger charge is 2.14. The second-order valence-electron chi connectivity index (χ2n) is 4.74. The Balaban J connectivity index is 2.61. The van der Waals surface area contributed by atoms with Crippen molar-refractivity contribution in [1.29, 1.82) is 0 Å². The van der Waals surface area contributed by atoms with E-state index in [0.717, 1.165) is 0 Å². The van der Waals surface area contributed by atoms with Gasteiger partial charge in [0.25, 0.3) is 0 Å². The van der Waals surface area contributed by atoms with E-state index in [0.29, 0.717) is 25.3 Å². The van der Waals surface area contributed by atoms with Crippen LogP contribution in [0.15, 0.2) is 18.2 Å². The second kappa shape index (κ2) is 7.21. The van der Waals surface area contributed by atoms with Crippen molar-refractivity contribution in [2.75, 3.05) is 20.2 Å². The number of nitrogens with zero attached hydrogens (tertiary/aromatic N) is 1. The Kier molecular flexibility index (Phi) is 5.92. The SMILES string of the molecule is CC(C)OCCN(C)Cc1cccc(C(=O)O)c1F. The normalized spacial score (nSPS) is 11.3. The highest BCUT2D eigenvalue weighted by atomic mass is 19.1. The minimum absolute atomic E-state index is 0.167. The summed E-state index contributed by atoms with van der Waals surface area (Å²) in [5.41, 5.74) is 0.0938. The molecule has 106 valence electrons. The average Bonchev–Trinajstić information content (AvgIpc) is 2.31. The summed E-state index contributed by atoms with van der Waals surface area (Å²) in [6.45, 7) is 5.49. The highest BCUT2D eigenvalue weighted by molar-refractivity contribution is 5.88. The van der Waals surface area contributed by atoms with Gasteiger partial charge in [0.1, 0.15) is 5.82 Å². The van der Waals surface area contributed by atoms with Gasteiger partial charge in [0.15, 0.2) is 0 Å². The summed E-state index contributed by atoms with van der Waals surface area (Å²) in [6.07, 6.45) is 0.167. The zero-order chi connectivity index (χ0) is 14.4. The maximum Gasteiger partial charge on any atom is 0.338 e. The fourth-order valence-corrected chi connectivity index (χ4v) is 1.68. The van der Waals surface area contributed by atoms with Crippen LogP contribution in [0.1, 0.15) is 29.8 Å². The molecule has 0 amide bonds. The number of carboxylic acids is 1. The molecule has 0 heterocycles. The molecule has 0 saturated heterocycles. The van der Waals surface area contributed by atoms with Gasteiger partial charge >= 0.3 is 5.97 Å². The third kappa shape index (κ3) is 4.96. The topological polar surface area (TPSA) is 49.8 Å². The summed E-state index contributed by atoms with van der Waals surface area (Å²) in [6, 6.07) is 4.42. The van der Waals surface area contributed by atoms with Gasteiger partial charge in [-0.3, -0.25) is 4.90 Å². The van der Waals surface area contributed by atoms with Crippen LogP contribution in [0.25, 0.3) is 0 Å². The predicted octanol–water partition coefficient (Wildman–Crippen LogP) is 2.38. The van der Waals surface area contributed by atoms with Gasteiger partial charge < -0.3 is 9.84 Å². The molecule has 0 aliphatic carbocycles. The molecule has 0 saturated carbocycles. The predicted molar refractivity (Wildman–Crippen MR) is 70.8 cm³/mol. The van der Waals surface area contributed by atoms with Gasteiger partial charge in [0.05, 0.1) is 18.3 Å². The largest absolute Gasteiger partial charge is 0.478 e. The summed E-state index contributed by atoms with van der Waals surface area (Å²) in [7, 11) is 1.84. The van der Waals surface area contributed by atoms with Crippen molar-refractivity contribution in [3.63, 3.8) is 0 Å². The van der Waals surface area contributed by atoms with Crippen molar-refractivity contribution < 1.29 is 19.0 Å². The number of rotatable bonds is 7. The molecule has 0 radical (unpaired) electrons. The lowest BCUT2D eigenvalue weighted by Gasteiger charge is -2.18. The molecule has 19 heavy (non-hydrogen) atoms. The van der Waals surface area contributed by atoms with E-state index in [9.17, 15) is 9.18 Å². The van der Waals surface area contributed by atoms with E-state index in [1.165, 1.54) is 6.07 Å². The fraction of sp³-hybridized carbons (Fsp3) is 0.500. The molecule has 1 N–H and O–H groups in total. The average molecular weight is 269 g/mol. The van der Waals surface area contributed by atoms with Crippen LogP contribution in [-0.2, 0) is 11.3 Å². The van der Waals surface area contributed by atoms with Gasteiger partial charge in [-0.15, -0.1) is 0 Å². The lowest BCUT2D eigenvalue weighted by molar-refractivity contribution is 0.0623. The van der Waals surface area contributed by atoms with Gasteiger partial charge in [-0.25, -0.2) is 9.18 Å². The number of aromatic carboxylic acids is 1. The van der Waals surface area contributed by atoms with Crippen LogP contribution in [0.4, 0.5) is 4.39 Å². The number of carboxylic acid groups (broad SMARTS) is 1. The first-order valence-electron chi connectivity index (χ1n) is 6.22. The summed E-state index contributed by atoms with van der Waals surface area (Å²) in [5, 5.41) is 8.85. The lowest BCUT2D eigenvalue weighted by atomic mass is 10.1. The Labute approximate surface area is 112 Å². The molecule has 0 aliphatic rings. The van der Waals surface area contributed by atoms with Crippen molar-refractivity contribution in [2.24, 2.45) is 0 Å². The second-order valence-corrected chi connectivity index (χ2v) is 4.74. The number of hydrogen-bond acceptors (Lipinski definition) is 3. The molecule has 5 heteroatoms. The summed E-state index contributed by atoms with van der Waals surface area (Å²) >= 11 is 0. The molecule has 0 unspecified atom stereocenters. The van der Waals surface area contributed by atoms with Gasteiger partial charge in [-0.1, -0.05) is 12.1 Å². The van der Waals surface area contributed by atoms with E-state index in [-0.39, 0.29) is 11.7 Å². The molecule has 4 nitrogen and oxygen atoms in total. The molecule has 1 aromatic rings. The summed E-state index contributed by atoms with van der Waals surface area (Å²) in [4.78, 5) is 12.7. The number of carbonyl (C=O) groups is 1. The van der Waals surface area contributed by atoms with E-state index >= 15 is 0 Å². The Morgan fingerprint density at radius 2 is 2.16 bits per heavy atom. The van der Waals surface area contributed by atoms with Crippen LogP contribution < -0.4 is 0 Å². The lowest BCUT2D eigenvalue weighted by Crippen LogP contribution is -2.24. The highest BCUT2D eigenvalue weighted by Crippen LogP contribution is 2.14. The van der Waals surface area contributed by atoms with Gasteiger partial charge in [-0.05, 0) is 27.0 Å². The molecule has 0 spiro atoms. The number of likely N-dealkylation sites (N-methyl/N-ethyl adjacent to an activating group) is 1. The Morgan fingerprint density at radius 3 is 2.74 bits per heavy atom. The molecule has 0 bridgehead atoms. The van der Waals surface area contributed by atoms with Gasteiger partial charge in [-0.2, -0.15) is 0 Å². The Morgan fingerprint density at radius 1 is 1.47 bits per heavy atom. The maximum atomic E-state index is 13.9.